The molecular formula is C27H30F3N7O3. The number of alkyl halides is 3. The van der Waals surface area contributed by atoms with Gasteiger partial charge in [0.05, 0.1) is 30.9 Å². The maximum absolute atomic E-state index is 14.0. The number of halogens is 3. The summed E-state index contributed by atoms with van der Waals surface area (Å²) >= 11 is 0. The molecule has 2 aliphatic rings. The summed E-state index contributed by atoms with van der Waals surface area (Å²) in [5.41, 5.74) is -1.43. The Balaban J connectivity index is 1.46. The van der Waals surface area contributed by atoms with Crippen molar-refractivity contribution < 1.29 is 28.1 Å². The van der Waals surface area contributed by atoms with Crippen LogP contribution in [-0.2, 0) is 23.7 Å². The first kappa shape index (κ1) is 26.8. The monoisotopic (exact) mass is 557 g/mol. The van der Waals surface area contributed by atoms with Crippen molar-refractivity contribution in [3.8, 4) is 11.3 Å². The summed E-state index contributed by atoms with van der Waals surface area (Å²) in [5, 5.41) is 40.0. The minimum atomic E-state index is -4.77. The Labute approximate surface area is 227 Å². The van der Waals surface area contributed by atoms with E-state index >= 15 is 0 Å². The Hall–Kier alpha value is -3.39. The number of nitrogens with zero attached hydrogens (tertiary/aromatic N) is 5. The maximum atomic E-state index is 14.0. The van der Waals surface area contributed by atoms with Gasteiger partial charge in [0.15, 0.2) is 5.72 Å². The molecule has 6 rings (SSSR count). The molecule has 4 heterocycles. The first-order valence-corrected chi connectivity index (χ1v) is 13.2. The second-order valence-electron chi connectivity index (χ2n) is 10.9. The molecule has 0 bridgehead atoms. The molecule has 1 aliphatic heterocycles. The number of aliphatic hydroxyl groups excluding tert-OH is 1. The van der Waals surface area contributed by atoms with Crippen molar-refractivity contribution in [3.05, 3.63) is 59.4 Å². The molecule has 0 spiro atoms. The topological polar surface area (TPSA) is 134 Å². The SMILES string of the molecule is Cn1cnnc1[C@@H](c1cccc(-c2n[nH]c3c([C@@](C)(O)N[C@@H]4COC[C@@H]4O)nc(C(F)(F)F)cc23)c1)C1CCC1. The minimum Gasteiger partial charge on any atom is -0.389 e. The zero-order chi connectivity index (χ0) is 28.2. The van der Waals surface area contributed by atoms with Gasteiger partial charge in [-0.05, 0) is 43.4 Å². The van der Waals surface area contributed by atoms with E-state index < -0.39 is 29.7 Å². The summed E-state index contributed by atoms with van der Waals surface area (Å²) in [6.45, 7) is 1.44. The number of benzene rings is 1. The van der Waals surface area contributed by atoms with E-state index in [4.69, 9.17) is 4.74 Å². The van der Waals surface area contributed by atoms with E-state index in [1.165, 1.54) is 6.92 Å². The van der Waals surface area contributed by atoms with E-state index in [-0.39, 0.29) is 35.7 Å². The summed E-state index contributed by atoms with van der Waals surface area (Å²) in [5.74, 6) is 1.21. The predicted octanol–water partition coefficient (Wildman–Crippen LogP) is 3.22. The molecule has 10 nitrogen and oxygen atoms in total. The van der Waals surface area contributed by atoms with Gasteiger partial charge >= 0.3 is 6.18 Å². The van der Waals surface area contributed by atoms with Crippen molar-refractivity contribution in [2.75, 3.05) is 13.2 Å². The van der Waals surface area contributed by atoms with Crippen LogP contribution < -0.4 is 5.32 Å². The lowest BCUT2D eigenvalue weighted by Gasteiger charge is -2.33. The van der Waals surface area contributed by atoms with E-state index in [2.05, 4.69) is 30.7 Å². The number of aromatic nitrogens is 6. The van der Waals surface area contributed by atoms with Gasteiger partial charge in [0.2, 0.25) is 0 Å². The van der Waals surface area contributed by atoms with Crippen LogP contribution in [0.2, 0.25) is 0 Å². The molecule has 0 amide bonds. The van der Waals surface area contributed by atoms with Crippen LogP contribution in [0.5, 0.6) is 0 Å². The van der Waals surface area contributed by atoms with Crippen molar-refractivity contribution in [2.24, 2.45) is 13.0 Å². The van der Waals surface area contributed by atoms with Crippen molar-refractivity contribution in [1.82, 2.24) is 35.3 Å². The van der Waals surface area contributed by atoms with E-state index in [1.807, 2.05) is 29.8 Å². The Morgan fingerprint density at radius 3 is 2.62 bits per heavy atom. The molecule has 212 valence electrons. The average molecular weight is 558 g/mol. The van der Waals surface area contributed by atoms with Crippen LogP contribution in [0.15, 0.2) is 36.7 Å². The number of fused-ring (bicyclic) bond motifs is 1. The molecular weight excluding hydrogens is 527 g/mol. The number of nitrogens with one attached hydrogen (secondary N) is 2. The minimum absolute atomic E-state index is 0.0145. The highest BCUT2D eigenvalue weighted by atomic mass is 19.4. The number of ether oxygens (including phenoxy) is 1. The van der Waals surface area contributed by atoms with E-state index in [0.29, 0.717) is 17.2 Å². The maximum Gasteiger partial charge on any atom is 0.433 e. The molecule has 40 heavy (non-hydrogen) atoms. The van der Waals surface area contributed by atoms with E-state index in [1.54, 1.807) is 12.4 Å². The largest absolute Gasteiger partial charge is 0.433 e. The number of hydrogen-bond acceptors (Lipinski definition) is 8. The third-order valence-corrected chi connectivity index (χ3v) is 7.99. The van der Waals surface area contributed by atoms with Gasteiger partial charge in [-0.25, -0.2) is 4.98 Å². The van der Waals surface area contributed by atoms with Crippen LogP contribution in [0.3, 0.4) is 0 Å². The molecule has 4 aromatic rings. The van der Waals surface area contributed by atoms with Gasteiger partial charge in [-0.3, -0.25) is 10.4 Å². The third kappa shape index (κ3) is 4.76. The highest BCUT2D eigenvalue weighted by molar-refractivity contribution is 5.94. The van der Waals surface area contributed by atoms with Gasteiger partial charge in [-0.15, -0.1) is 10.2 Å². The second kappa shape index (κ2) is 9.91. The lowest BCUT2D eigenvalue weighted by molar-refractivity contribution is -0.141. The number of hydrogen-bond donors (Lipinski definition) is 4. The number of H-pyrrole nitrogens is 1. The second-order valence-corrected chi connectivity index (χ2v) is 10.9. The predicted molar refractivity (Wildman–Crippen MR) is 138 cm³/mol. The van der Waals surface area contributed by atoms with Gasteiger partial charge in [0.1, 0.15) is 29.2 Å². The number of aliphatic hydroxyl groups is 2. The number of aryl methyl sites for hydroxylation is 1. The number of aromatic amines is 1. The first-order chi connectivity index (χ1) is 19.0. The van der Waals surface area contributed by atoms with Gasteiger partial charge in [0.25, 0.3) is 0 Å². The summed E-state index contributed by atoms with van der Waals surface area (Å²) in [7, 11) is 1.90. The zero-order valence-electron chi connectivity index (χ0n) is 22.0. The molecule has 0 radical (unpaired) electrons. The van der Waals surface area contributed by atoms with Crippen LogP contribution in [0, 0.1) is 5.92 Å². The van der Waals surface area contributed by atoms with Crippen molar-refractivity contribution in [3.63, 3.8) is 0 Å². The van der Waals surface area contributed by atoms with Crippen LogP contribution in [-0.4, -0.2) is 65.5 Å². The Morgan fingerprint density at radius 1 is 1.20 bits per heavy atom. The molecule has 4 atom stereocenters. The van der Waals surface area contributed by atoms with Gasteiger partial charge in [-0.1, -0.05) is 24.6 Å². The fraction of sp³-hybridized carbons (Fsp3) is 0.481. The Morgan fingerprint density at radius 2 is 2.00 bits per heavy atom. The summed E-state index contributed by atoms with van der Waals surface area (Å²) in [6, 6.07) is 7.84. The smallest absolute Gasteiger partial charge is 0.389 e. The van der Waals surface area contributed by atoms with Crippen LogP contribution in [0.4, 0.5) is 13.2 Å². The van der Waals surface area contributed by atoms with E-state index in [9.17, 15) is 23.4 Å². The molecule has 0 unspecified atom stereocenters. The summed E-state index contributed by atoms with van der Waals surface area (Å²) in [6.07, 6.45) is -0.788. The number of rotatable bonds is 7. The van der Waals surface area contributed by atoms with Crippen LogP contribution in [0.25, 0.3) is 22.2 Å². The first-order valence-electron chi connectivity index (χ1n) is 13.2. The highest BCUT2D eigenvalue weighted by Crippen LogP contribution is 2.44. The van der Waals surface area contributed by atoms with Crippen LogP contribution in [0.1, 0.15) is 54.9 Å². The Bertz CT molecular complexity index is 1530. The normalized spacial score (nSPS) is 22.4. The lowest BCUT2D eigenvalue weighted by atomic mass is 9.72. The van der Waals surface area contributed by atoms with Crippen LogP contribution >= 0.6 is 0 Å². The van der Waals surface area contributed by atoms with Gasteiger partial charge in [0, 0.05) is 23.9 Å². The van der Waals surface area contributed by atoms with Gasteiger partial charge in [-0.2, -0.15) is 18.3 Å². The molecule has 2 fully saturated rings. The third-order valence-electron chi connectivity index (χ3n) is 7.99. The standard InChI is InChI=1S/C27H30F3N7O3/c1-26(39,33-18-11-40-12-19(18)38)24-23-17(10-20(32-24)27(28,29)30)22(34-35-23)16-8-4-7-15(9-16)21(14-5-3-6-14)25-36-31-13-37(25)2/h4,7-10,13-14,18-19,21,33,38-39H,3,5-6,11-12H2,1-2H3,(H,34,35)/t18-,19+,21-,26-/m1/s1. The number of pyridine rings is 1. The molecule has 1 saturated carbocycles. The highest BCUT2D eigenvalue weighted by Gasteiger charge is 2.40. The quantitative estimate of drug-likeness (QED) is 0.255. The zero-order valence-corrected chi connectivity index (χ0v) is 22.0. The molecule has 1 saturated heterocycles. The van der Waals surface area contributed by atoms with Gasteiger partial charge < -0.3 is 19.5 Å². The fourth-order valence-corrected chi connectivity index (χ4v) is 5.70. The van der Waals surface area contributed by atoms with Crippen molar-refractivity contribution in [1.29, 1.82) is 0 Å². The fourth-order valence-electron chi connectivity index (χ4n) is 5.70. The van der Waals surface area contributed by atoms with E-state index in [0.717, 1.165) is 36.7 Å². The average Bonchev–Trinajstić information content (AvgIpc) is 3.60. The molecule has 1 aromatic carbocycles. The van der Waals surface area contributed by atoms with Crippen molar-refractivity contribution in [2.45, 2.75) is 56.2 Å². The summed E-state index contributed by atoms with van der Waals surface area (Å²) in [4.78, 5) is 3.80. The van der Waals surface area contributed by atoms with Crippen molar-refractivity contribution >= 4 is 10.9 Å². The molecule has 3 aromatic heterocycles. The lowest BCUT2D eigenvalue weighted by Crippen LogP contribution is -2.51. The molecule has 13 heteroatoms. The summed E-state index contributed by atoms with van der Waals surface area (Å²) < 4.78 is 49.2. The Kier molecular flexibility index (Phi) is 6.64. The molecule has 1 aliphatic carbocycles. The molecule has 4 N–H and O–H groups in total.